The van der Waals surface area contributed by atoms with E-state index < -0.39 is 0 Å². The van der Waals surface area contributed by atoms with E-state index in [2.05, 4.69) is 27.4 Å². The van der Waals surface area contributed by atoms with Crippen molar-refractivity contribution in [3.05, 3.63) is 0 Å². The maximum Gasteiger partial charge on any atom is 0.224 e. The number of carbonyl (C=O) groups excluding carboxylic acids is 1. The van der Waals surface area contributed by atoms with Gasteiger partial charge in [-0.05, 0) is 57.7 Å². The van der Waals surface area contributed by atoms with Gasteiger partial charge in [-0.3, -0.25) is 9.79 Å². The fourth-order valence-corrected chi connectivity index (χ4v) is 3.95. The molecular weight excluding hydrogens is 326 g/mol. The fourth-order valence-electron chi connectivity index (χ4n) is 3.95. The number of piperidine rings is 1. The van der Waals surface area contributed by atoms with Crippen molar-refractivity contribution in [1.29, 1.82) is 0 Å². The number of carbonyl (C=O) groups is 1. The van der Waals surface area contributed by atoms with Gasteiger partial charge in [0.2, 0.25) is 5.91 Å². The van der Waals surface area contributed by atoms with E-state index in [9.17, 15) is 4.79 Å². The summed E-state index contributed by atoms with van der Waals surface area (Å²) in [5.74, 6) is 1.71. The van der Waals surface area contributed by atoms with Crippen molar-refractivity contribution in [2.75, 3.05) is 52.9 Å². The highest BCUT2D eigenvalue weighted by atomic mass is 16.2. The number of rotatable bonds is 7. The molecule has 2 heterocycles. The molecule has 6 nitrogen and oxygen atoms in total. The highest BCUT2D eigenvalue weighted by Gasteiger charge is 2.20. The smallest absolute Gasteiger partial charge is 0.224 e. The summed E-state index contributed by atoms with van der Waals surface area (Å²) >= 11 is 0. The van der Waals surface area contributed by atoms with Crippen molar-refractivity contribution < 1.29 is 4.79 Å². The van der Waals surface area contributed by atoms with E-state index in [4.69, 9.17) is 0 Å². The molecule has 0 spiro atoms. The molecule has 0 aromatic heterocycles. The van der Waals surface area contributed by atoms with Gasteiger partial charge < -0.3 is 20.4 Å². The first-order valence-electron chi connectivity index (χ1n) is 10.6. The van der Waals surface area contributed by atoms with E-state index in [1.165, 1.54) is 45.2 Å². The van der Waals surface area contributed by atoms with E-state index in [1.807, 2.05) is 4.90 Å². The largest absolute Gasteiger partial charge is 0.356 e. The monoisotopic (exact) mass is 365 g/mol. The van der Waals surface area contributed by atoms with Crippen molar-refractivity contribution in [1.82, 2.24) is 20.4 Å². The van der Waals surface area contributed by atoms with Gasteiger partial charge in [-0.1, -0.05) is 19.8 Å². The van der Waals surface area contributed by atoms with Crippen LogP contribution in [0.3, 0.4) is 0 Å². The third-order valence-corrected chi connectivity index (χ3v) is 5.51. The summed E-state index contributed by atoms with van der Waals surface area (Å²) < 4.78 is 0. The minimum Gasteiger partial charge on any atom is -0.356 e. The molecule has 2 saturated heterocycles. The Hall–Kier alpha value is -1.30. The summed E-state index contributed by atoms with van der Waals surface area (Å²) in [6.45, 7) is 9.32. The lowest BCUT2D eigenvalue weighted by Gasteiger charge is -2.31. The van der Waals surface area contributed by atoms with Crippen LogP contribution in [-0.4, -0.2) is 74.5 Å². The zero-order chi connectivity index (χ0) is 18.6. The normalized spacial score (nSPS) is 22.8. The van der Waals surface area contributed by atoms with Crippen LogP contribution in [0.15, 0.2) is 4.99 Å². The molecule has 1 unspecified atom stereocenters. The molecule has 1 amide bonds. The van der Waals surface area contributed by atoms with Gasteiger partial charge >= 0.3 is 0 Å². The Kier molecular flexibility index (Phi) is 9.82. The molecule has 0 aliphatic carbocycles. The molecule has 0 bridgehead atoms. The van der Waals surface area contributed by atoms with Crippen molar-refractivity contribution in [2.45, 2.75) is 58.3 Å². The van der Waals surface area contributed by atoms with Crippen LogP contribution < -0.4 is 10.6 Å². The number of hydrogen-bond donors (Lipinski definition) is 2. The predicted octanol–water partition coefficient (Wildman–Crippen LogP) is 2.07. The summed E-state index contributed by atoms with van der Waals surface area (Å²) in [5, 5.41) is 6.65. The topological polar surface area (TPSA) is 60.0 Å². The second-order valence-electron chi connectivity index (χ2n) is 7.87. The Morgan fingerprint density at radius 1 is 1.04 bits per heavy atom. The van der Waals surface area contributed by atoms with Gasteiger partial charge in [-0.25, -0.2) is 0 Å². The van der Waals surface area contributed by atoms with E-state index in [0.717, 1.165) is 45.0 Å². The first kappa shape index (κ1) is 21.0. The zero-order valence-electron chi connectivity index (χ0n) is 16.9. The SMILES string of the molecule is CN=C(NCCCN1CCCCCC1)NCCC(=O)N1CCCC(C)C1. The van der Waals surface area contributed by atoms with E-state index in [-0.39, 0.29) is 5.91 Å². The maximum absolute atomic E-state index is 12.3. The number of nitrogens with zero attached hydrogens (tertiary/aromatic N) is 3. The third-order valence-electron chi connectivity index (χ3n) is 5.51. The van der Waals surface area contributed by atoms with Gasteiger partial charge in [0.05, 0.1) is 0 Å². The average molecular weight is 366 g/mol. The highest BCUT2D eigenvalue weighted by molar-refractivity contribution is 5.81. The Labute approximate surface area is 159 Å². The molecule has 0 saturated carbocycles. The van der Waals surface area contributed by atoms with Gasteiger partial charge in [0.1, 0.15) is 0 Å². The summed E-state index contributed by atoms with van der Waals surface area (Å²) in [7, 11) is 1.79. The lowest BCUT2D eigenvalue weighted by molar-refractivity contribution is -0.132. The van der Waals surface area contributed by atoms with Crippen LogP contribution >= 0.6 is 0 Å². The first-order chi connectivity index (χ1) is 12.7. The molecule has 150 valence electrons. The number of hydrogen-bond acceptors (Lipinski definition) is 3. The second kappa shape index (κ2) is 12.2. The van der Waals surface area contributed by atoms with E-state index in [1.54, 1.807) is 7.05 Å². The zero-order valence-corrected chi connectivity index (χ0v) is 16.9. The van der Waals surface area contributed by atoms with Crippen LogP contribution in [0, 0.1) is 5.92 Å². The summed E-state index contributed by atoms with van der Waals surface area (Å²) in [6.07, 6.45) is 9.53. The minimum atomic E-state index is 0.265. The van der Waals surface area contributed by atoms with Crippen LogP contribution in [0.25, 0.3) is 0 Å². The molecule has 0 radical (unpaired) electrons. The summed E-state index contributed by atoms with van der Waals surface area (Å²) in [6, 6.07) is 0. The highest BCUT2D eigenvalue weighted by Crippen LogP contribution is 2.15. The minimum absolute atomic E-state index is 0.265. The number of amides is 1. The van der Waals surface area contributed by atoms with Crippen molar-refractivity contribution in [2.24, 2.45) is 10.9 Å². The number of nitrogens with one attached hydrogen (secondary N) is 2. The van der Waals surface area contributed by atoms with Gasteiger partial charge in [0, 0.05) is 39.6 Å². The first-order valence-corrected chi connectivity index (χ1v) is 10.6. The van der Waals surface area contributed by atoms with Crippen LogP contribution in [0.1, 0.15) is 58.3 Å². The Bertz CT molecular complexity index is 432. The molecule has 1 atom stereocenters. The molecule has 2 aliphatic heterocycles. The second-order valence-corrected chi connectivity index (χ2v) is 7.87. The molecule has 2 fully saturated rings. The maximum atomic E-state index is 12.3. The molecule has 0 aromatic rings. The van der Waals surface area contributed by atoms with E-state index >= 15 is 0 Å². The number of guanidine groups is 1. The lowest BCUT2D eigenvalue weighted by atomic mass is 10.00. The molecule has 0 aromatic carbocycles. The number of likely N-dealkylation sites (tertiary alicyclic amines) is 2. The Balaban J connectivity index is 1.55. The summed E-state index contributed by atoms with van der Waals surface area (Å²) in [4.78, 5) is 21.2. The molecule has 2 N–H and O–H groups in total. The molecule has 26 heavy (non-hydrogen) atoms. The van der Waals surface area contributed by atoms with Gasteiger partial charge in [0.15, 0.2) is 5.96 Å². The molecular formula is C20H39N5O. The van der Waals surface area contributed by atoms with Crippen LogP contribution in [0.5, 0.6) is 0 Å². The summed E-state index contributed by atoms with van der Waals surface area (Å²) in [5.41, 5.74) is 0. The number of aliphatic imine (C=N–C) groups is 1. The van der Waals surface area contributed by atoms with Gasteiger partial charge in [-0.15, -0.1) is 0 Å². The molecule has 2 rings (SSSR count). The van der Waals surface area contributed by atoms with Crippen LogP contribution in [-0.2, 0) is 4.79 Å². The molecule has 6 heteroatoms. The van der Waals surface area contributed by atoms with Crippen LogP contribution in [0.4, 0.5) is 0 Å². The van der Waals surface area contributed by atoms with Gasteiger partial charge in [0.25, 0.3) is 0 Å². The standard InChI is InChI=1S/C20H39N5O/c1-18-9-7-16-25(17-18)19(26)10-12-23-20(21-2)22-11-8-15-24-13-5-3-4-6-14-24/h18H,3-17H2,1-2H3,(H2,21,22,23). The van der Waals surface area contributed by atoms with Gasteiger partial charge in [-0.2, -0.15) is 0 Å². The van der Waals surface area contributed by atoms with Crippen molar-refractivity contribution in [3.63, 3.8) is 0 Å². The van der Waals surface area contributed by atoms with Crippen molar-refractivity contribution >= 4 is 11.9 Å². The Morgan fingerprint density at radius 2 is 1.77 bits per heavy atom. The average Bonchev–Trinajstić information content (AvgIpc) is 2.92. The third kappa shape index (κ3) is 7.94. The Morgan fingerprint density at radius 3 is 2.46 bits per heavy atom. The predicted molar refractivity (Wildman–Crippen MR) is 108 cm³/mol. The fraction of sp³-hybridized carbons (Fsp3) is 0.900. The quantitative estimate of drug-likeness (QED) is 0.412. The van der Waals surface area contributed by atoms with E-state index in [0.29, 0.717) is 18.9 Å². The van der Waals surface area contributed by atoms with Crippen LogP contribution in [0.2, 0.25) is 0 Å². The van der Waals surface area contributed by atoms with Crippen molar-refractivity contribution in [3.8, 4) is 0 Å². The lowest BCUT2D eigenvalue weighted by Crippen LogP contribution is -2.43. The molecule has 2 aliphatic rings.